The van der Waals surface area contributed by atoms with E-state index < -0.39 is 11.7 Å². The van der Waals surface area contributed by atoms with Crippen molar-refractivity contribution >= 4 is 29.1 Å². The third-order valence-corrected chi connectivity index (χ3v) is 7.29. The van der Waals surface area contributed by atoms with Crippen LogP contribution in [0.1, 0.15) is 31.8 Å². The molecule has 0 atom stereocenters. The molecular formula is C34H33FN4O3. The summed E-state index contributed by atoms with van der Waals surface area (Å²) in [6.07, 6.45) is 0. The molecule has 214 valence electrons. The average molecular weight is 565 g/mol. The Morgan fingerprint density at radius 2 is 1.48 bits per heavy atom. The highest BCUT2D eigenvalue weighted by Gasteiger charge is 2.23. The fraction of sp³-hybridized carbons (Fsp3) is 0.206. The molecule has 0 unspecified atom stereocenters. The van der Waals surface area contributed by atoms with Crippen molar-refractivity contribution in [3.05, 3.63) is 131 Å². The molecule has 0 radical (unpaired) electrons. The zero-order chi connectivity index (χ0) is 29.5. The predicted octanol–water partition coefficient (Wildman–Crippen LogP) is 5.38. The highest BCUT2D eigenvalue weighted by atomic mass is 19.1. The Hall–Kier alpha value is -4.98. The number of piperazine rings is 1. The van der Waals surface area contributed by atoms with Crippen LogP contribution in [0.4, 0.5) is 15.8 Å². The van der Waals surface area contributed by atoms with Crippen molar-refractivity contribution in [2.45, 2.75) is 13.5 Å². The number of rotatable bonds is 8. The minimum atomic E-state index is -0.510. The lowest BCUT2D eigenvalue weighted by molar-refractivity contribution is -0.117. The second-order valence-electron chi connectivity index (χ2n) is 10.4. The molecule has 7 nitrogen and oxygen atoms in total. The molecule has 1 aliphatic rings. The molecule has 8 heteroatoms. The number of nitrogens with zero attached hydrogens (tertiary/aromatic N) is 3. The van der Waals surface area contributed by atoms with Crippen LogP contribution in [0.3, 0.4) is 0 Å². The van der Waals surface area contributed by atoms with Gasteiger partial charge in [0.2, 0.25) is 5.91 Å². The number of carbonyl (C=O) groups is 3. The highest BCUT2D eigenvalue weighted by molar-refractivity contribution is 5.99. The smallest absolute Gasteiger partial charge is 0.254 e. The summed E-state index contributed by atoms with van der Waals surface area (Å²) in [4.78, 5) is 44.6. The molecule has 1 aliphatic heterocycles. The number of anilines is 2. The van der Waals surface area contributed by atoms with Crippen molar-refractivity contribution in [1.29, 1.82) is 0 Å². The van der Waals surface area contributed by atoms with E-state index in [1.165, 1.54) is 29.2 Å². The van der Waals surface area contributed by atoms with Crippen molar-refractivity contribution in [2.24, 2.45) is 0 Å². The van der Waals surface area contributed by atoms with E-state index in [1.54, 1.807) is 0 Å². The molecule has 0 aliphatic carbocycles. The molecule has 3 amide bonds. The first-order valence-electron chi connectivity index (χ1n) is 14.0. The van der Waals surface area contributed by atoms with Gasteiger partial charge in [0.25, 0.3) is 11.8 Å². The Morgan fingerprint density at radius 1 is 0.786 bits per heavy atom. The van der Waals surface area contributed by atoms with Crippen molar-refractivity contribution in [2.75, 3.05) is 42.9 Å². The number of aryl methyl sites for hydroxylation is 1. The standard InChI is InChI=1S/C34H33FN4O3/c1-25-10-12-27(13-11-25)33(41)38-20-18-37(19-21-38)31-16-14-30(15-17-31)36-32(40)24-39(23-26-6-3-2-4-7-26)34(42)28-8-5-9-29(35)22-28/h2-17,22H,18-21,23-24H2,1H3,(H,36,40). The van der Waals surface area contributed by atoms with Gasteiger partial charge in [-0.25, -0.2) is 4.39 Å². The first-order valence-corrected chi connectivity index (χ1v) is 14.0. The average Bonchev–Trinajstić information content (AvgIpc) is 3.01. The third-order valence-electron chi connectivity index (χ3n) is 7.29. The highest BCUT2D eigenvalue weighted by Crippen LogP contribution is 2.21. The summed E-state index contributed by atoms with van der Waals surface area (Å²) in [5, 5.41) is 2.87. The van der Waals surface area contributed by atoms with Gasteiger partial charge >= 0.3 is 0 Å². The molecular weight excluding hydrogens is 531 g/mol. The van der Waals surface area contributed by atoms with E-state index in [2.05, 4.69) is 10.2 Å². The summed E-state index contributed by atoms with van der Waals surface area (Å²) < 4.78 is 13.8. The van der Waals surface area contributed by atoms with Crippen LogP contribution in [-0.4, -0.2) is 60.2 Å². The largest absolute Gasteiger partial charge is 0.368 e. The summed E-state index contributed by atoms with van der Waals surface area (Å²) >= 11 is 0. The van der Waals surface area contributed by atoms with Gasteiger partial charge < -0.3 is 20.0 Å². The van der Waals surface area contributed by atoms with Gasteiger partial charge in [-0.3, -0.25) is 14.4 Å². The van der Waals surface area contributed by atoms with E-state index in [0.29, 0.717) is 37.4 Å². The van der Waals surface area contributed by atoms with E-state index in [4.69, 9.17) is 0 Å². The minimum absolute atomic E-state index is 0.0462. The zero-order valence-electron chi connectivity index (χ0n) is 23.5. The second kappa shape index (κ2) is 13.1. The molecule has 1 heterocycles. The number of hydrogen-bond acceptors (Lipinski definition) is 4. The van der Waals surface area contributed by atoms with Gasteiger partial charge in [-0.15, -0.1) is 0 Å². The van der Waals surface area contributed by atoms with Crippen LogP contribution in [0.15, 0.2) is 103 Å². The van der Waals surface area contributed by atoms with Gasteiger partial charge in [0.1, 0.15) is 12.4 Å². The molecule has 0 bridgehead atoms. The Balaban J connectivity index is 1.18. The number of amides is 3. The van der Waals surface area contributed by atoms with E-state index in [-0.39, 0.29) is 30.5 Å². The molecule has 0 spiro atoms. The van der Waals surface area contributed by atoms with Crippen LogP contribution in [0.25, 0.3) is 0 Å². The normalized spacial score (nSPS) is 13.0. The fourth-order valence-corrected chi connectivity index (χ4v) is 4.98. The number of carbonyl (C=O) groups excluding carboxylic acids is 3. The molecule has 1 fully saturated rings. The van der Waals surface area contributed by atoms with Crippen LogP contribution in [0.5, 0.6) is 0 Å². The number of halogens is 1. The first kappa shape index (κ1) is 28.5. The van der Waals surface area contributed by atoms with Crippen molar-refractivity contribution < 1.29 is 18.8 Å². The van der Waals surface area contributed by atoms with Gasteiger partial charge in [-0.2, -0.15) is 0 Å². The topological polar surface area (TPSA) is 73.0 Å². The molecule has 1 N–H and O–H groups in total. The van der Waals surface area contributed by atoms with Crippen LogP contribution < -0.4 is 10.2 Å². The summed E-state index contributed by atoms with van der Waals surface area (Å²) in [5.74, 6) is -1.25. The second-order valence-corrected chi connectivity index (χ2v) is 10.4. The number of benzene rings is 4. The van der Waals surface area contributed by atoms with Crippen LogP contribution in [0, 0.1) is 12.7 Å². The minimum Gasteiger partial charge on any atom is -0.368 e. The van der Waals surface area contributed by atoms with E-state index in [0.717, 1.165) is 16.8 Å². The van der Waals surface area contributed by atoms with Gasteiger partial charge in [-0.1, -0.05) is 54.1 Å². The van der Waals surface area contributed by atoms with Gasteiger partial charge in [0, 0.05) is 55.2 Å². The van der Waals surface area contributed by atoms with Gasteiger partial charge in [0.15, 0.2) is 0 Å². The van der Waals surface area contributed by atoms with E-state index >= 15 is 0 Å². The Bertz CT molecular complexity index is 1530. The third kappa shape index (κ3) is 7.20. The monoisotopic (exact) mass is 564 g/mol. The SMILES string of the molecule is Cc1ccc(C(=O)N2CCN(c3ccc(NC(=O)CN(Cc4ccccc4)C(=O)c4cccc(F)c4)cc3)CC2)cc1. The predicted molar refractivity (Wildman–Crippen MR) is 162 cm³/mol. The van der Waals surface area contributed by atoms with E-state index in [1.807, 2.05) is 90.7 Å². The van der Waals surface area contributed by atoms with Crippen LogP contribution >= 0.6 is 0 Å². The van der Waals surface area contributed by atoms with E-state index in [9.17, 15) is 18.8 Å². The lowest BCUT2D eigenvalue weighted by Crippen LogP contribution is -2.48. The number of nitrogens with one attached hydrogen (secondary N) is 1. The Morgan fingerprint density at radius 3 is 2.14 bits per heavy atom. The molecule has 5 rings (SSSR count). The summed E-state index contributed by atoms with van der Waals surface area (Å²) in [5.41, 5.74) is 4.48. The van der Waals surface area contributed by atoms with Crippen LogP contribution in [-0.2, 0) is 11.3 Å². The van der Waals surface area contributed by atoms with Gasteiger partial charge in [0.05, 0.1) is 0 Å². The molecule has 1 saturated heterocycles. The molecule has 0 aromatic heterocycles. The lowest BCUT2D eigenvalue weighted by Gasteiger charge is -2.36. The summed E-state index contributed by atoms with van der Waals surface area (Å²) in [7, 11) is 0. The van der Waals surface area contributed by atoms with Crippen LogP contribution in [0.2, 0.25) is 0 Å². The maximum Gasteiger partial charge on any atom is 0.254 e. The molecule has 0 saturated carbocycles. The maximum atomic E-state index is 13.8. The maximum absolute atomic E-state index is 13.8. The Labute approximate surface area is 245 Å². The van der Waals surface area contributed by atoms with Crippen molar-refractivity contribution in [3.63, 3.8) is 0 Å². The van der Waals surface area contributed by atoms with Crippen molar-refractivity contribution in [3.8, 4) is 0 Å². The fourth-order valence-electron chi connectivity index (χ4n) is 4.98. The lowest BCUT2D eigenvalue weighted by atomic mass is 10.1. The molecule has 4 aromatic carbocycles. The molecule has 4 aromatic rings. The first-order chi connectivity index (χ1) is 20.4. The quantitative estimate of drug-likeness (QED) is 0.312. The van der Waals surface area contributed by atoms with Crippen molar-refractivity contribution in [1.82, 2.24) is 9.80 Å². The summed E-state index contributed by atoms with van der Waals surface area (Å²) in [6.45, 7) is 4.69. The zero-order valence-corrected chi connectivity index (χ0v) is 23.5. The Kier molecular flexibility index (Phi) is 8.92. The number of hydrogen-bond donors (Lipinski definition) is 1. The molecule has 42 heavy (non-hydrogen) atoms. The summed E-state index contributed by atoms with van der Waals surface area (Å²) in [6, 6.07) is 30.0. The van der Waals surface area contributed by atoms with Gasteiger partial charge in [-0.05, 0) is 67.1 Å².